The number of carboxylic acid groups (broad SMARTS) is 2. The third kappa shape index (κ3) is 9.35. The number of rotatable bonds is 17. The predicted octanol–water partition coefficient (Wildman–Crippen LogP) is 7.46. The molecule has 3 N–H and O–H groups in total. The lowest BCUT2D eigenvalue weighted by atomic mass is 9.92. The van der Waals surface area contributed by atoms with E-state index < -0.39 is 23.9 Å². The van der Waals surface area contributed by atoms with Gasteiger partial charge in [-0.1, -0.05) is 66.5 Å². The van der Waals surface area contributed by atoms with E-state index in [1.807, 2.05) is 50.2 Å². The van der Waals surface area contributed by atoms with Crippen molar-refractivity contribution in [3.8, 4) is 34.6 Å². The molecular formula is C37H41Cl2N3O8. The van der Waals surface area contributed by atoms with Crippen LogP contribution in [0.3, 0.4) is 0 Å². The van der Waals surface area contributed by atoms with Crippen molar-refractivity contribution in [1.29, 1.82) is 0 Å². The predicted molar refractivity (Wildman–Crippen MR) is 191 cm³/mol. The lowest BCUT2D eigenvalue weighted by Crippen LogP contribution is -2.33. The van der Waals surface area contributed by atoms with Crippen molar-refractivity contribution in [2.75, 3.05) is 14.2 Å². The van der Waals surface area contributed by atoms with Crippen molar-refractivity contribution < 1.29 is 38.7 Å². The van der Waals surface area contributed by atoms with Gasteiger partial charge in [-0.05, 0) is 79.1 Å². The van der Waals surface area contributed by atoms with Crippen molar-refractivity contribution in [2.45, 2.75) is 66.3 Å². The van der Waals surface area contributed by atoms with Gasteiger partial charge >= 0.3 is 11.9 Å². The van der Waals surface area contributed by atoms with Crippen LogP contribution in [0, 0.1) is 19.8 Å². The van der Waals surface area contributed by atoms with Crippen LogP contribution >= 0.6 is 23.2 Å². The monoisotopic (exact) mass is 725 g/mol. The maximum Gasteiger partial charge on any atom is 0.320 e. The second-order valence-corrected chi connectivity index (χ2v) is 12.7. The quantitative estimate of drug-likeness (QED) is 0.0996. The number of hydrogen-bond donors (Lipinski definition) is 3. The van der Waals surface area contributed by atoms with Crippen molar-refractivity contribution in [1.82, 2.24) is 15.3 Å². The molecular weight excluding hydrogens is 685 g/mol. The second-order valence-electron chi connectivity index (χ2n) is 11.9. The lowest BCUT2D eigenvalue weighted by molar-refractivity contribution is -0.141. The highest BCUT2D eigenvalue weighted by Gasteiger charge is 2.19. The molecule has 0 saturated carbocycles. The van der Waals surface area contributed by atoms with Gasteiger partial charge in [-0.3, -0.25) is 9.59 Å². The number of halogens is 2. The van der Waals surface area contributed by atoms with Gasteiger partial charge in [0.2, 0.25) is 23.5 Å². The van der Waals surface area contributed by atoms with E-state index in [1.54, 1.807) is 26.0 Å². The number of methoxy groups -OCH3 is 2. The Morgan fingerprint density at radius 1 is 0.740 bits per heavy atom. The van der Waals surface area contributed by atoms with Gasteiger partial charge in [-0.2, -0.15) is 9.97 Å². The molecule has 2 heterocycles. The summed E-state index contributed by atoms with van der Waals surface area (Å²) < 4.78 is 23.0. The number of nitrogens with zero attached hydrogens (tertiary/aromatic N) is 2. The molecule has 13 heteroatoms. The molecule has 0 aliphatic rings. The number of carboxylic acids is 2. The van der Waals surface area contributed by atoms with E-state index in [2.05, 4.69) is 15.3 Å². The van der Waals surface area contributed by atoms with Gasteiger partial charge in [0, 0.05) is 17.7 Å². The van der Waals surface area contributed by atoms with Gasteiger partial charge in [0.25, 0.3) is 0 Å². The minimum absolute atomic E-state index is 0.197. The number of benzene rings is 2. The van der Waals surface area contributed by atoms with Gasteiger partial charge in [0.1, 0.15) is 29.3 Å². The molecule has 0 aliphatic carbocycles. The standard InChI is InChI=1S/C37H41Cl2N3O8/c1-20(36(43)44)13-14-24-15-30(38)34(41-32(24)47-5)49-18-25-9-7-11-28(21(25)2)29-12-8-10-26(22(29)3)19-50-35-31(39)16-27(33(42-35)48-6)17-40-23(4)37(45)46/h7-12,15-16,20,23,40H,13-14,17-19H2,1-6H3,(H,43,44)(H,45,46)/t20-,23+/m1/s1. The topological polar surface area (TPSA) is 149 Å². The Labute approximate surface area is 301 Å². The molecule has 0 bridgehead atoms. The molecule has 2 atom stereocenters. The smallest absolute Gasteiger partial charge is 0.320 e. The zero-order valence-corrected chi connectivity index (χ0v) is 30.3. The van der Waals surface area contributed by atoms with Crippen molar-refractivity contribution in [3.63, 3.8) is 0 Å². The lowest BCUT2D eigenvalue weighted by Gasteiger charge is -2.18. The first kappa shape index (κ1) is 38.2. The van der Waals surface area contributed by atoms with E-state index in [1.165, 1.54) is 14.2 Å². The van der Waals surface area contributed by atoms with Gasteiger partial charge in [-0.25, -0.2) is 0 Å². The molecule has 0 saturated heterocycles. The van der Waals surface area contributed by atoms with E-state index in [0.29, 0.717) is 34.9 Å². The number of ether oxygens (including phenoxy) is 4. The summed E-state index contributed by atoms with van der Waals surface area (Å²) in [5.74, 6) is -1.29. The third-order valence-corrected chi connectivity index (χ3v) is 9.04. The highest BCUT2D eigenvalue weighted by molar-refractivity contribution is 6.32. The summed E-state index contributed by atoms with van der Waals surface area (Å²) in [6.45, 7) is 7.87. The van der Waals surface area contributed by atoms with Crippen LogP contribution in [0.5, 0.6) is 23.5 Å². The van der Waals surface area contributed by atoms with Crippen LogP contribution in [-0.2, 0) is 35.8 Å². The molecule has 0 radical (unpaired) electrons. The van der Waals surface area contributed by atoms with Gasteiger partial charge in [0.05, 0.1) is 20.1 Å². The molecule has 50 heavy (non-hydrogen) atoms. The van der Waals surface area contributed by atoms with Crippen LogP contribution in [0.15, 0.2) is 48.5 Å². The van der Waals surface area contributed by atoms with E-state index in [9.17, 15) is 14.7 Å². The first-order valence-electron chi connectivity index (χ1n) is 15.9. The summed E-state index contributed by atoms with van der Waals surface area (Å²) in [4.78, 5) is 31.3. The fourth-order valence-electron chi connectivity index (χ4n) is 5.25. The van der Waals surface area contributed by atoms with Gasteiger partial charge in [-0.15, -0.1) is 0 Å². The fourth-order valence-corrected chi connectivity index (χ4v) is 5.71. The highest BCUT2D eigenvalue weighted by Crippen LogP contribution is 2.34. The number of carbonyl (C=O) groups is 2. The number of aryl methyl sites for hydroxylation is 1. The maximum atomic E-state index is 11.2. The SMILES string of the molecule is COc1nc(OCc2cccc(-c3cccc(COc4nc(OC)c(CN[C@@H](C)C(=O)O)cc4Cl)c3C)c2C)c(Cl)cc1CC[C@@H](C)C(=O)O. The van der Waals surface area contributed by atoms with Crippen molar-refractivity contribution >= 4 is 35.1 Å². The van der Waals surface area contributed by atoms with Gasteiger partial charge < -0.3 is 34.5 Å². The average molecular weight is 727 g/mol. The van der Waals surface area contributed by atoms with Crippen LogP contribution in [0.25, 0.3) is 11.1 Å². The minimum Gasteiger partial charge on any atom is -0.481 e. The van der Waals surface area contributed by atoms with E-state index in [-0.39, 0.29) is 42.4 Å². The Hall–Kier alpha value is -4.58. The Bertz CT molecular complexity index is 1720. The Morgan fingerprint density at radius 3 is 1.68 bits per heavy atom. The molecule has 266 valence electrons. The van der Waals surface area contributed by atoms with Crippen LogP contribution < -0.4 is 24.3 Å². The molecule has 2 aromatic heterocycles. The molecule has 0 aliphatic heterocycles. The summed E-state index contributed by atoms with van der Waals surface area (Å²) in [5.41, 5.74) is 7.27. The summed E-state index contributed by atoms with van der Waals surface area (Å²) in [6, 6.07) is 14.6. The van der Waals surface area contributed by atoms with E-state index in [4.69, 9.17) is 47.3 Å². The zero-order chi connectivity index (χ0) is 36.5. The number of nitrogens with one attached hydrogen (secondary N) is 1. The van der Waals surface area contributed by atoms with Crippen molar-refractivity contribution in [3.05, 3.63) is 92.0 Å². The fraction of sp³-hybridized carbons (Fsp3) is 0.351. The zero-order valence-electron chi connectivity index (χ0n) is 28.8. The molecule has 0 unspecified atom stereocenters. The Morgan fingerprint density at radius 2 is 1.22 bits per heavy atom. The summed E-state index contributed by atoms with van der Waals surface area (Å²) in [6.07, 6.45) is 0.871. The summed E-state index contributed by atoms with van der Waals surface area (Å²) in [5, 5.41) is 21.9. The van der Waals surface area contributed by atoms with Crippen LogP contribution in [0.1, 0.15) is 53.6 Å². The Balaban J connectivity index is 1.49. The second kappa shape index (κ2) is 17.4. The molecule has 11 nitrogen and oxygen atoms in total. The summed E-state index contributed by atoms with van der Waals surface area (Å²) in [7, 11) is 2.98. The van der Waals surface area contributed by atoms with E-state index in [0.717, 1.165) is 33.4 Å². The average Bonchev–Trinajstić information content (AvgIpc) is 3.09. The molecule has 4 rings (SSSR count). The first-order valence-corrected chi connectivity index (χ1v) is 16.7. The largest absolute Gasteiger partial charge is 0.481 e. The molecule has 0 fully saturated rings. The third-order valence-electron chi connectivity index (χ3n) is 8.50. The molecule has 2 aromatic carbocycles. The highest BCUT2D eigenvalue weighted by atomic mass is 35.5. The normalized spacial score (nSPS) is 12.2. The first-order chi connectivity index (χ1) is 23.8. The minimum atomic E-state index is -0.969. The number of aliphatic carboxylic acids is 2. The van der Waals surface area contributed by atoms with E-state index >= 15 is 0 Å². The molecule has 0 spiro atoms. The maximum absolute atomic E-state index is 11.2. The molecule has 4 aromatic rings. The van der Waals surface area contributed by atoms with Crippen LogP contribution in [0.2, 0.25) is 10.0 Å². The van der Waals surface area contributed by atoms with Crippen molar-refractivity contribution in [2.24, 2.45) is 5.92 Å². The summed E-state index contributed by atoms with van der Waals surface area (Å²) >= 11 is 13.1. The Kier molecular flexibility index (Phi) is 13.3. The van der Waals surface area contributed by atoms with Crippen LogP contribution in [0.4, 0.5) is 0 Å². The van der Waals surface area contributed by atoms with Gasteiger partial charge in [0.15, 0.2) is 0 Å². The molecule has 0 amide bonds. The van der Waals surface area contributed by atoms with Crippen LogP contribution in [-0.4, -0.2) is 52.4 Å². The number of aromatic nitrogens is 2. The number of hydrogen-bond acceptors (Lipinski definition) is 9. The number of pyridine rings is 2.